The third-order valence-corrected chi connectivity index (χ3v) is 3.50. The maximum atomic E-state index is 13.0. The lowest BCUT2D eigenvalue weighted by Gasteiger charge is -2.14. The lowest BCUT2D eigenvalue weighted by atomic mass is 9.96. The van der Waals surface area contributed by atoms with Crippen molar-refractivity contribution in [1.82, 2.24) is 0 Å². The summed E-state index contributed by atoms with van der Waals surface area (Å²) in [5.41, 5.74) is -1.52. The maximum Gasteiger partial charge on any atom is 0.416 e. The highest BCUT2D eigenvalue weighted by Gasteiger charge is 2.34. The van der Waals surface area contributed by atoms with Crippen LogP contribution in [0.2, 0.25) is 0 Å². The molecule has 0 saturated carbocycles. The van der Waals surface area contributed by atoms with Crippen LogP contribution in [0.15, 0.2) is 36.4 Å². The van der Waals surface area contributed by atoms with Gasteiger partial charge in [0.25, 0.3) is 0 Å². The first-order valence-corrected chi connectivity index (χ1v) is 6.56. The second-order valence-corrected chi connectivity index (χ2v) is 5.08. The van der Waals surface area contributed by atoms with Gasteiger partial charge in [-0.1, -0.05) is 12.1 Å². The first kappa shape index (κ1) is 15.7. The largest absolute Gasteiger partial charge is 0.485 e. The molecule has 121 valence electrons. The first-order valence-electron chi connectivity index (χ1n) is 6.56. The Morgan fingerprint density at radius 1 is 0.826 bits per heavy atom. The van der Waals surface area contributed by atoms with E-state index in [1.807, 2.05) is 0 Å². The molecule has 0 saturated heterocycles. The Hall–Kier alpha value is -2.18. The van der Waals surface area contributed by atoms with Crippen molar-refractivity contribution in [3.63, 3.8) is 0 Å². The Morgan fingerprint density at radius 3 is 2.17 bits per heavy atom. The summed E-state index contributed by atoms with van der Waals surface area (Å²) in [7, 11) is 0. The lowest BCUT2D eigenvalue weighted by molar-refractivity contribution is -0.138. The lowest BCUT2D eigenvalue weighted by Crippen LogP contribution is -2.07. The molecule has 0 aliphatic carbocycles. The highest BCUT2D eigenvalue weighted by atomic mass is 19.4. The zero-order valence-corrected chi connectivity index (χ0v) is 11.4. The topological polar surface area (TPSA) is 9.23 Å². The molecule has 3 rings (SSSR count). The Bertz CT molecular complexity index is 745. The quantitative estimate of drug-likeness (QED) is 0.628. The monoisotopic (exact) mass is 331 g/mol. The summed E-state index contributed by atoms with van der Waals surface area (Å²) in [4.78, 5) is 0. The third kappa shape index (κ3) is 3.00. The molecule has 2 aromatic carbocycles. The molecule has 7 heteroatoms. The number of ether oxygens (including phenoxy) is 1. The molecule has 1 heterocycles. The molecule has 2 aromatic rings. The van der Waals surface area contributed by atoms with Crippen LogP contribution < -0.4 is 4.74 Å². The Morgan fingerprint density at radius 2 is 1.52 bits per heavy atom. The number of rotatable bonds is 1. The van der Waals surface area contributed by atoms with E-state index in [1.165, 1.54) is 12.7 Å². The number of alkyl halides is 6. The number of hydrogen-bond acceptors (Lipinski definition) is 1. The molecule has 0 amide bonds. The summed E-state index contributed by atoms with van der Waals surface area (Å²) in [5.74, 6) is 0.164. The van der Waals surface area contributed by atoms with Crippen LogP contribution in [0, 0.1) is 6.61 Å². The van der Waals surface area contributed by atoms with Crippen LogP contribution in [0.25, 0.3) is 11.1 Å². The van der Waals surface area contributed by atoms with Crippen molar-refractivity contribution < 1.29 is 31.1 Å². The average Bonchev–Trinajstić information content (AvgIpc) is 2.93. The predicted octanol–water partition coefficient (Wildman–Crippen LogP) is 5.49. The van der Waals surface area contributed by atoms with Gasteiger partial charge in [-0.15, -0.1) is 0 Å². The van der Waals surface area contributed by atoms with Crippen molar-refractivity contribution in [2.24, 2.45) is 0 Å². The van der Waals surface area contributed by atoms with Crippen LogP contribution in [-0.4, -0.2) is 0 Å². The maximum absolute atomic E-state index is 13.0. The molecule has 0 fully saturated rings. The summed E-state index contributed by atoms with van der Waals surface area (Å²) in [6, 6.07) is 5.93. The zero-order valence-electron chi connectivity index (χ0n) is 11.4. The van der Waals surface area contributed by atoms with Gasteiger partial charge < -0.3 is 4.74 Å². The van der Waals surface area contributed by atoms with Crippen molar-refractivity contribution in [1.29, 1.82) is 0 Å². The summed E-state index contributed by atoms with van der Waals surface area (Å²) in [6.45, 7) is 1.32. The Labute approximate surface area is 127 Å². The second kappa shape index (κ2) is 5.18. The van der Waals surface area contributed by atoms with E-state index >= 15 is 0 Å². The van der Waals surface area contributed by atoms with Crippen molar-refractivity contribution in [3.8, 4) is 16.9 Å². The number of fused-ring (bicyclic) bond motifs is 1. The van der Waals surface area contributed by atoms with Gasteiger partial charge in [0.2, 0.25) is 0 Å². The number of halogens is 6. The van der Waals surface area contributed by atoms with E-state index in [9.17, 15) is 26.3 Å². The average molecular weight is 331 g/mol. The zero-order chi connectivity index (χ0) is 16.8. The molecule has 0 bridgehead atoms. The molecule has 0 spiro atoms. The molecule has 23 heavy (non-hydrogen) atoms. The van der Waals surface area contributed by atoms with E-state index in [1.54, 1.807) is 0 Å². The highest BCUT2D eigenvalue weighted by molar-refractivity contribution is 5.75. The molecule has 0 atom stereocenters. The smallest absolute Gasteiger partial charge is 0.416 e. The van der Waals surface area contributed by atoms with Crippen LogP contribution >= 0.6 is 0 Å². The number of hydrogen-bond donors (Lipinski definition) is 0. The van der Waals surface area contributed by atoms with Crippen molar-refractivity contribution in [2.45, 2.75) is 18.8 Å². The molecule has 0 N–H and O–H groups in total. The van der Waals surface area contributed by atoms with Gasteiger partial charge in [-0.05, 0) is 35.4 Å². The summed E-state index contributed by atoms with van der Waals surface area (Å²) in [6.07, 6.45) is -8.99. The molecule has 1 aliphatic rings. The molecule has 1 aliphatic heterocycles. The Balaban J connectivity index is 2.18. The minimum absolute atomic E-state index is 0.00493. The summed E-state index contributed by atoms with van der Waals surface area (Å²) >= 11 is 0. The van der Waals surface area contributed by atoms with Crippen molar-refractivity contribution >= 4 is 0 Å². The van der Waals surface area contributed by atoms with Gasteiger partial charge in [-0.3, -0.25) is 0 Å². The van der Waals surface area contributed by atoms with E-state index in [-0.39, 0.29) is 23.3 Å². The van der Waals surface area contributed by atoms with Crippen LogP contribution in [0.4, 0.5) is 26.3 Å². The van der Waals surface area contributed by atoms with Crippen molar-refractivity contribution in [3.05, 3.63) is 59.7 Å². The minimum atomic E-state index is -4.59. The first-order chi connectivity index (χ1) is 10.7. The van der Waals surface area contributed by atoms with E-state index in [4.69, 9.17) is 4.74 Å². The van der Waals surface area contributed by atoms with Crippen LogP contribution in [-0.2, 0) is 18.8 Å². The van der Waals surface area contributed by atoms with E-state index in [2.05, 4.69) is 0 Å². The Kier molecular flexibility index (Phi) is 3.54. The molecular weight excluding hydrogens is 322 g/mol. The molecule has 1 radical (unpaired) electrons. The third-order valence-electron chi connectivity index (χ3n) is 3.50. The fraction of sp³-hybridized carbons (Fsp3) is 0.188. The summed E-state index contributed by atoms with van der Waals surface area (Å²) in [5, 5.41) is 0. The van der Waals surface area contributed by atoms with Gasteiger partial charge in [0, 0.05) is 12.0 Å². The standard InChI is InChI=1S/C16H9F6O/c17-15(18,19)11-3-1-2-9(6-11)13-8-12(16(20,21)22)7-10-4-5-23-14(10)13/h1-3,5-8H,4H2. The molecule has 0 unspecified atom stereocenters. The van der Waals surface area contributed by atoms with Gasteiger partial charge in [-0.25, -0.2) is 0 Å². The van der Waals surface area contributed by atoms with Gasteiger partial charge in [0.15, 0.2) is 0 Å². The minimum Gasteiger partial charge on any atom is -0.485 e. The molecule has 1 nitrogen and oxygen atoms in total. The normalized spacial score (nSPS) is 14.5. The fourth-order valence-electron chi connectivity index (χ4n) is 2.44. The highest BCUT2D eigenvalue weighted by Crippen LogP contribution is 2.43. The van der Waals surface area contributed by atoms with Crippen LogP contribution in [0.3, 0.4) is 0 Å². The van der Waals surface area contributed by atoms with Crippen molar-refractivity contribution in [2.75, 3.05) is 0 Å². The van der Waals surface area contributed by atoms with Gasteiger partial charge in [0.1, 0.15) is 12.4 Å². The second-order valence-electron chi connectivity index (χ2n) is 5.08. The van der Waals surface area contributed by atoms with E-state index in [0.29, 0.717) is 5.56 Å². The molecular formula is C16H9F6O. The van der Waals surface area contributed by atoms with E-state index in [0.717, 1.165) is 30.3 Å². The van der Waals surface area contributed by atoms with Crippen LogP contribution in [0.5, 0.6) is 5.75 Å². The van der Waals surface area contributed by atoms with Gasteiger partial charge in [-0.2, -0.15) is 26.3 Å². The van der Waals surface area contributed by atoms with Crippen LogP contribution in [0.1, 0.15) is 16.7 Å². The van der Waals surface area contributed by atoms with E-state index < -0.39 is 23.5 Å². The van der Waals surface area contributed by atoms with Gasteiger partial charge in [0.05, 0.1) is 11.1 Å². The van der Waals surface area contributed by atoms with Gasteiger partial charge >= 0.3 is 12.4 Å². The number of benzene rings is 2. The fourth-order valence-corrected chi connectivity index (χ4v) is 2.44. The SMILES string of the molecule is FC(F)(F)c1cccc(-c2cc(C(F)(F)F)cc3c2O[CH]C3)c1. The predicted molar refractivity (Wildman–Crippen MR) is 70.5 cm³/mol. The summed E-state index contributed by atoms with van der Waals surface area (Å²) < 4.78 is 82.6. The molecule has 0 aromatic heterocycles.